The van der Waals surface area contributed by atoms with Gasteiger partial charge in [0.05, 0.1) is 18.2 Å². The molecule has 7 rings (SSSR count). The maximum absolute atomic E-state index is 14.0. The van der Waals surface area contributed by atoms with Crippen molar-refractivity contribution in [2.45, 2.75) is 57.6 Å². The first-order chi connectivity index (χ1) is 23.4. The van der Waals surface area contributed by atoms with E-state index in [2.05, 4.69) is 18.0 Å². The molecule has 0 unspecified atom stereocenters. The summed E-state index contributed by atoms with van der Waals surface area (Å²) in [5.41, 5.74) is 4.52. The van der Waals surface area contributed by atoms with Gasteiger partial charge in [0.25, 0.3) is 5.56 Å². The molecule has 2 aromatic heterocycles. The highest BCUT2D eigenvalue weighted by atomic mass is 16.7. The summed E-state index contributed by atoms with van der Waals surface area (Å²) in [5.74, 6) is -0.443. The Labute approximate surface area is 278 Å². The van der Waals surface area contributed by atoms with Gasteiger partial charge in [-0.05, 0) is 42.0 Å². The summed E-state index contributed by atoms with van der Waals surface area (Å²) < 4.78 is 21.3. The molecule has 10 heteroatoms. The number of para-hydroxylation sites is 1. The Morgan fingerprint density at radius 2 is 1.56 bits per heavy atom. The van der Waals surface area contributed by atoms with Crippen molar-refractivity contribution in [1.29, 1.82) is 0 Å². The molecule has 10 nitrogen and oxygen atoms in total. The van der Waals surface area contributed by atoms with E-state index in [0.717, 1.165) is 37.9 Å². The first-order valence-corrected chi connectivity index (χ1v) is 16.5. The van der Waals surface area contributed by atoms with Gasteiger partial charge >= 0.3 is 11.8 Å². The second-order valence-electron chi connectivity index (χ2n) is 12.7. The Bertz CT molecular complexity index is 2050. The van der Waals surface area contributed by atoms with Crippen LogP contribution in [0.25, 0.3) is 10.9 Å². The van der Waals surface area contributed by atoms with Gasteiger partial charge in [-0.15, -0.1) is 0 Å². The summed E-state index contributed by atoms with van der Waals surface area (Å²) in [4.78, 5) is 46.4. The SMILES string of the molecule is CC[C@@H]1[C@@H](OCc2ccccc2)Oc2c(c(=O)n(C)c(=O)n2C)[C@H]1C[C@H]1c2[nH]c3ccccc3c2CCN1C(=O)OCc1ccccc1. The number of fused-ring (bicyclic) bond motifs is 4. The van der Waals surface area contributed by atoms with Crippen molar-refractivity contribution in [3.05, 3.63) is 134 Å². The zero-order valence-electron chi connectivity index (χ0n) is 27.4. The molecule has 0 radical (unpaired) electrons. The number of nitrogens with zero attached hydrogens (tertiary/aromatic N) is 3. The van der Waals surface area contributed by atoms with Gasteiger partial charge < -0.3 is 19.2 Å². The van der Waals surface area contributed by atoms with Crippen LogP contribution in [-0.2, 0) is 43.2 Å². The molecule has 1 amide bonds. The summed E-state index contributed by atoms with van der Waals surface area (Å²) in [6.45, 7) is 2.96. The topological polar surface area (TPSA) is 108 Å². The summed E-state index contributed by atoms with van der Waals surface area (Å²) in [6.07, 6.45) is 0.554. The number of aromatic nitrogens is 3. The number of carbonyl (C=O) groups is 1. The fourth-order valence-electron chi connectivity index (χ4n) is 7.42. The first-order valence-electron chi connectivity index (χ1n) is 16.5. The number of benzene rings is 3. The Hall–Kier alpha value is -5.09. The molecular weight excluding hydrogens is 608 g/mol. The minimum atomic E-state index is -0.727. The van der Waals surface area contributed by atoms with Gasteiger partial charge in [0.15, 0.2) is 0 Å². The highest BCUT2D eigenvalue weighted by Crippen LogP contribution is 2.47. The lowest BCUT2D eigenvalue weighted by Crippen LogP contribution is -2.49. The number of amides is 1. The Morgan fingerprint density at radius 3 is 2.27 bits per heavy atom. The third kappa shape index (κ3) is 5.70. The second kappa shape index (κ2) is 13.2. The van der Waals surface area contributed by atoms with E-state index in [0.29, 0.717) is 38.0 Å². The molecule has 2 aliphatic heterocycles. The number of nitrogens with one attached hydrogen (secondary N) is 1. The van der Waals surface area contributed by atoms with Crippen LogP contribution in [0.1, 0.15) is 59.7 Å². The first kappa shape index (κ1) is 31.5. The molecule has 0 saturated heterocycles. The van der Waals surface area contributed by atoms with Gasteiger partial charge in [-0.3, -0.25) is 18.8 Å². The lowest BCUT2D eigenvalue weighted by molar-refractivity contribution is -0.146. The van der Waals surface area contributed by atoms with Crippen molar-refractivity contribution in [2.24, 2.45) is 20.0 Å². The molecule has 0 aliphatic carbocycles. The minimum absolute atomic E-state index is 0.151. The average Bonchev–Trinajstić information content (AvgIpc) is 3.51. The van der Waals surface area contributed by atoms with E-state index in [1.807, 2.05) is 78.9 Å². The van der Waals surface area contributed by atoms with E-state index in [1.54, 1.807) is 11.9 Å². The molecule has 0 spiro atoms. The zero-order valence-corrected chi connectivity index (χ0v) is 27.4. The van der Waals surface area contributed by atoms with Crippen molar-refractivity contribution in [1.82, 2.24) is 19.0 Å². The zero-order chi connectivity index (χ0) is 33.4. The highest BCUT2D eigenvalue weighted by molar-refractivity contribution is 5.85. The van der Waals surface area contributed by atoms with Crippen LogP contribution in [0.3, 0.4) is 0 Å². The van der Waals surface area contributed by atoms with Crippen LogP contribution < -0.4 is 16.0 Å². The van der Waals surface area contributed by atoms with Crippen LogP contribution in [0.15, 0.2) is 94.5 Å². The Morgan fingerprint density at radius 1 is 0.896 bits per heavy atom. The van der Waals surface area contributed by atoms with E-state index in [-0.39, 0.29) is 18.4 Å². The fourth-order valence-corrected chi connectivity index (χ4v) is 7.42. The average molecular weight is 649 g/mol. The van der Waals surface area contributed by atoms with Gasteiger partial charge in [0.1, 0.15) is 6.61 Å². The molecule has 1 N–H and O–H groups in total. The predicted molar refractivity (Wildman–Crippen MR) is 182 cm³/mol. The number of hydrogen-bond acceptors (Lipinski definition) is 6. The molecule has 0 fully saturated rings. The third-order valence-electron chi connectivity index (χ3n) is 9.91. The molecule has 4 atom stereocenters. The van der Waals surface area contributed by atoms with Crippen LogP contribution in [-0.4, -0.2) is 37.9 Å². The molecule has 2 aliphatic rings. The normalized spacial score (nSPS) is 20.2. The van der Waals surface area contributed by atoms with Crippen LogP contribution in [0.5, 0.6) is 5.88 Å². The number of aromatic amines is 1. The van der Waals surface area contributed by atoms with Gasteiger partial charge in [0.2, 0.25) is 12.2 Å². The Balaban J connectivity index is 1.30. The largest absolute Gasteiger partial charge is 0.449 e. The summed E-state index contributed by atoms with van der Waals surface area (Å²) in [7, 11) is 3.10. The second-order valence-corrected chi connectivity index (χ2v) is 12.7. The minimum Gasteiger partial charge on any atom is -0.449 e. The number of ether oxygens (including phenoxy) is 3. The maximum atomic E-state index is 14.0. The monoisotopic (exact) mass is 648 g/mol. The van der Waals surface area contributed by atoms with E-state index >= 15 is 0 Å². The summed E-state index contributed by atoms with van der Waals surface area (Å²) >= 11 is 0. The van der Waals surface area contributed by atoms with Gasteiger partial charge in [-0.1, -0.05) is 85.8 Å². The van der Waals surface area contributed by atoms with Crippen LogP contribution in [0.4, 0.5) is 4.79 Å². The molecule has 0 saturated carbocycles. The summed E-state index contributed by atoms with van der Waals surface area (Å²) in [5, 5.41) is 1.12. The molecule has 4 heterocycles. The third-order valence-corrected chi connectivity index (χ3v) is 9.91. The lowest BCUT2D eigenvalue weighted by atomic mass is 9.77. The van der Waals surface area contributed by atoms with Crippen LogP contribution in [0.2, 0.25) is 0 Å². The van der Waals surface area contributed by atoms with E-state index in [9.17, 15) is 14.4 Å². The van der Waals surface area contributed by atoms with Crippen molar-refractivity contribution in [3.63, 3.8) is 0 Å². The van der Waals surface area contributed by atoms with Crippen LogP contribution >= 0.6 is 0 Å². The highest BCUT2D eigenvalue weighted by Gasteiger charge is 2.45. The van der Waals surface area contributed by atoms with Gasteiger partial charge in [-0.25, -0.2) is 9.59 Å². The van der Waals surface area contributed by atoms with Crippen LogP contribution in [0, 0.1) is 5.92 Å². The van der Waals surface area contributed by atoms with E-state index < -0.39 is 35.6 Å². The van der Waals surface area contributed by atoms with Crippen molar-refractivity contribution in [3.8, 4) is 5.88 Å². The fraction of sp³-hybridized carbons (Fsp3) is 0.342. The molecular formula is C38H40N4O6. The molecule has 3 aromatic carbocycles. The number of hydrogen-bond donors (Lipinski definition) is 1. The number of H-pyrrole nitrogens is 1. The smallest absolute Gasteiger partial charge is 0.410 e. The van der Waals surface area contributed by atoms with Crippen molar-refractivity contribution in [2.75, 3.05) is 6.54 Å². The Kier molecular flexibility index (Phi) is 8.66. The predicted octanol–water partition coefficient (Wildman–Crippen LogP) is 5.94. The molecule has 248 valence electrons. The maximum Gasteiger partial charge on any atom is 0.410 e. The van der Waals surface area contributed by atoms with Crippen molar-refractivity contribution >= 4 is 17.0 Å². The summed E-state index contributed by atoms with van der Waals surface area (Å²) in [6, 6.07) is 27.2. The number of rotatable bonds is 8. The van der Waals surface area contributed by atoms with E-state index in [1.165, 1.54) is 11.6 Å². The van der Waals surface area contributed by atoms with Gasteiger partial charge in [0, 0.05) is 49.1 Å². The molecule has 48 heavy (non-hydrogen) atoms. The lowest BCUT2D eigenvalue weighted by Gasteiger charge is -2.42. The number of carbonyl (C=O) groups excluding carboxylic acids is 1. The van der Waals surface area contributed by atoms with E-state index in [4.69, 9.17) is 14.2 Å². The quantitative estimate of drug-likeness (QED) is 0.223. The molecule has 5 aromatic rings. The van der Waals surface area contributed by atoms with Gasteiger partial charge in [-0.2, -0.15) is 0 Å². The standard InChI is InChI=1S/C38H40N4O6/c1-4-26-29(32-34(43)40(2)37(44)41(3)35(32)48-36(26)46-22-24-13-7-5-8-14-24)21-31-33-28(27-17-11-12-18-30(27)39-33)19-20-42(31)38(45)47-23-25-15-9-6-10-16-25/h5-18,26,29,31,36,39H,4,19-23H2,1-3H3/t26-,29-,31-,36-/m0/s1. The van der Waals surface area contributed by atoms with Crippen molar-refractivity contribution < 1.29 is 19.0 Å². The molecule has 0 bridgehead atoms.